The predicted molar refractivity (Wildman–Crippen MR) is 85.6 cm³/mol. The molecule has 1 aliphatic rings. The first kappa shape index (κ1) is 16.3. The van der Waals surface area contributed by atoms with E-state index >= 15 is 0 Å². The van der Waals surface area contributed by atoms with Gasteiger partial charge in [0, 0.05) is 26.3 Å². The lowest BCUT2D eigenvalue weighted by Gasteiger charge is -2.22. The first-order valence-corrected chi connectivity index (χ1v) is 8.71. The molecule has 0 spiro atoms. The predicted octanol–water partition coefficient (Wildman–Crippen LogP) is 0.432. The van der Waals surface area contributed by atoms with Crippen molar-refractivity contribution >= 4 is 27.2 Å². The molecule has 1 fully saturated rings. The van der Waals surface area contributed by atoms with Gasteiger partial charge in [0.2, 0.25) is 10.0 Å². The van der Waals surface area contributed by atoms with Crippen LogP contribution in [0.1, 0.15) is 18.5 Å². The molecule has 116 valence electrons. The molecule has 0 unspecified atom stereocenters. The van der Waals surface area contributed by atoms with E-state index in [0.717, 1.165) is 19.6 Å². The Morgan fingerprint density at radius 3 is 2.76 bits per heavy atom. The van der Waals surface area contributed by atoms with Crippen LogP contribution in [0.5, 0.6) is 0 Å². The molecular weight excluding hydrogens is 308 g/mol. The first-order chi connectivity index (χ1) is 9.93. The van der Waals surface area contributed by atoms with Crippen molar-refractivity contribution in [2.75, 3.05) is 33.2 Å². The SMILES string of the molecule is CN(CCN1CCCC1)S(=O)(=O)c1cccnc1C(N)=S. The molecule has 0 radical (unpaired) electrons. The molecule has 2 rings (SSSR count). The quantitative estimate of drug-likeness (QED) is 0.763. The molecule has 0 aromatic carbocycles. The van der Waals surface area contributed by atoms with Crippen molar-refractivity contribution in [3.05, 3.63) is 24.0 Å². The van der Waals surface area contributed by atoms with E-state index in [4.69, 9.17) is 18.0 Å². The molecule has 0 bridgehead atoms. The third-order valence-electron chi connectivity index (χ3n) is 3.62. The molecule has 1 aliphatic heterocycles. The van der Waals surface area contributed by atoms with Gasteiger partial charge in [0.1, 0.15) is 15.6 Å². The molecule has 1 aromatic heterocycles. The van der Waals surface area contributed by atoms with Crippen LogP contribution in [0.2, 0.25) is 0 Å². The number of hydrogen-bond acceptors (Lipinski definition) is 5. The third kappa shape index (κ3) is 3.76. The van der Waals surface area contributed by atoms with Crippen LogP contribution in [-0.2, 0) is 10.0 Å². The van der Waals surface area contributed by atoms with E-state index in [1.807, 2.05) is 0 Å². The van der Waals surface area contributed by atoms with Crippen LogP contribution in [0.15, 0.2) is 23.2 Å². The Morgan fingerprint density at radius 2 is 2.14 bits per heavy atom. The summed E-state index contributed by atoms with van der Waals surface area (Å²) in [5, 5.41) is 0. The molecule has 8 heteroatoms. The third-order valence-corrected chi connectivity index (χ3v) is 5.70. The number of thiocarbonyl (C=S) groups is 1. The van der Waals surface area contributed by atoms with Crippen LogP contribution in [0.25, 0.3) is 0 Å². The van der Waals surface area contributed by atoms with Crippen molar-refractivity contribution in [1.82, 2.24) is 14.2 Å². The van der Waals surface area contributed by atoms with Crippen LogP contribution in [-0.4, -0.2) is 60.8 Å². The monoisotopic (exact) mass is 328 g/mol. The Labute approximate surface area is 131 Å². The molecule has 1 saturated heterocycles. The molecule has 0 amide bonds. The zero-order chi connectivity index (χ0) is 15.5. The highest BCUT2D eigenvalue weighted by molar-refractivity contribution is 7.89. The summed E-state index contributed by atoms with van der Waals surface area (Å²) in [5.41, 5.74) is 5.72. The van der Waals surface area contributed by atoms with Crippen molar-refractivity contribution in [3.8, 4) is 0 Å². The largest absolute Gasteiger partial charge is 0.388 e. The zero-order valence-corrected chi connectivity index (χ0v) is 13.7. The summed E-state index contributed by atoms with van der Waals surface area (Å²) >= 11 is 4.88. The van der Waals surface area contributed by atoms with E-state index < -0.39 is 10.0 Å². The maximum atomic E-state index is 12.6. The number of hydrogen-bond donors (Lipinski definition) is 1. The summed E-state index contributed by atoms with van der Waals surface area (Å²) in [6, 6.07) is 3.06. The van der Waals surface area contributed by atoms with Gasteiger partial charge in [-0.3, -0.25) is 4.98 Å². The Balaban J connectivity index is 2.15. The molecule has 0 aliphatic carbocycles. The van der Waals surface area contributed by atoms with E-state index in [2.05, 4.69) is 9.88 Å². The minimum Gasteiger partial charge on any atom is -0.388 e. The minimum absolute atomic E-state index is 0.0119. The lowest BCUT2D eigenvalue weighted by Crippen LogP contribution is -2.36. The Morgan fingerprint density at radius 1 is 1.48 bits per heavy atom. The van der Waals surface area contributed by atoms with Crippen molar-refractivity contribution in [1.29, 1.82) is 0 Å². The molecule has 21 heavy (non-hydrogen) atoms. The van der Waals surface area contributed by atoms with Crippen molar-refractivity contribution < 1.29 is 8.42 Å². The van der Waals surface area contributed by atoms with Gasteiger partial charge in [-0.25, -0.2) is 8.42 Å². The summed E-state index contributed by atoms with van der Waals surface area (Å²) in [4.78, 5) is 6.31. The molecular formula is C13H20N4O2S2. The fourth-order valence-electron chi connectivity index (χ4n) is 2.36. The normalized spacial score (nSPS) is 16.5. The van der Waals surface area contributed by atoms with Gasteiger partial charge in [-0.2, -0.15) is 4.31 Å². The molecule has 2 N–H and O–H groups in total. The van der Waals surface area contributed by atoms with Crippen molar-refractivity contribution in [2.45, 2.75) is 17.7 Å². The average molecular weight is 328 g/mol. The lowest BCUT2D eigenvalue weighted by atomic mass is 10.3. The number of likely N-dealkylation sites (N-methyl/N-ethyl adjacent to an activating group) is 1. The Bertz CT molecular complexity index is 612. The summed E-state index contributed by atoms with van der Waals surface area (Å²) in [6.45, 7) is 3.25. The summed E-state index contributed by atoms with van der Waals surface area (Å²) in [5.74, 6) is 0. The Hall–Kier alpha value is -1.09. The van der Waals surface area contributed by atoms with Gasteiger partial charge in [0.25, 0.3) is 0 Å². The molecule has 1 aromatic rings. The molecule has 6 nitrogen and oxygen atoms in total. The summed E-state index contributed by atoms with van der Waals surface area (Å²) in [7, 11) is -2.06. The standard InChI is InChI=1S/C13H20N4O2S2/c1-16(9-10-17-7-2-3-8-17)21(18,19)11-5-4-6-15-12(11)13(14)20/h4-6H,2-3,7-10H2,1H3,(H2,14,20). The molecule has 0 atom stereocenters. The maximum absolute atomic E-state index is 12.6. The minimum atomic E-state index is -3.63. The van der Waals surface area contributed by atoms with Crippen LogP contribution in [0, 0.1) is 0 Å². The lowest BCUT2D eigenvalue weighted by molar-refractivity contribution is 0.310. The number of nitrogens with two attached hydrogens (primary N) is 1. The van der Waals surface area contributed by atoms with Gasteiger partial charge in [0.05, 0.1) is 0 Å². The number of sulfonamides is 1. The number of rotatable bonds is 6. The highest BCUT2D eigenvalue weighted by Crippen LogP contribution is 2.17. The number of aromatic nitrogens is 1. The summed E-state index contributed by atoms with van der Waals surface area (Å²) < 4.78 is 26.6. The second kappa shape index (κ2) is 6.78. The smallest absolute Gasteiger partial charge is 0.245 e. The average Bonchev–Trinajstić information content (AvgIpc) is 2.97. The topological polar surface area (TPSA) is 79.5 Å². The van der Waals surface area contributed by atoms with Crippen LogP contribution < -0.4 is 5.73 Å². The molecule has 2 heterocycles. The van der Waals surface area contributed by atoms with Gasteiger partial charge in [-0.15, -0.1) is 0 Å². The number of pyridine rings is 1. The van der Waals surface area contributed by atoms with Crippen LogP contribution in [0.4, 0.5) is 0 Å². The van der Waals surface area contributed by atoms with Crippen molar-refractivity contribution in [2.24, 2.45) is 5.73 Å². The highest BCUT2D eigenvalue weighted by Gasteiger charge is 2.26. The zero-order valence-electron chi connectivity index (χ0n) is 12.0. The maximum Gasteiger partial charge on any atom is 0.245 e. The van der Waals surface area contributed by atoms with Crippen LogP contribution in [0.3, 0.4) is 0 Å². The van der Waals surface area contributed by atoms with Gasteiger partial charge in [-0.1, -0.05) is 12.2 Å². The van der Waals surface area contributed by atoms with Crippen LogP contribution >= 0.6 is 12.2 Å². The highest BCUT2D eigenvalue weighted by atomic mass is 32.2. The van der Waals surface area contributed by atoms with Gasteiger partial charge in [-0.05, 0) is 38.1 Å². The Kier molecular flexibility index (Phi) is 5.26. The van der Waals surface area contributed by atoms with E-state index in [0.29, 0.717) is 6.54 Å². The first-order valence-electron chi connectivity index (χ1n) is 6.86. The number of nitrogens with zero attached hydrogens (tertiary/aromatic N) is 3. The fraction of sp³-hybridized carbons (Fsp3) is 0.538. The van der Waals surface area contributed by atoms with Gasteiger partial charge < -0.3 is 10.6 Å². The van der Waals surface area contributed by atoms with E-state index in [9.17, 15) is 8.42 Å². The fourth-order valence-corrected chi connectivity index (χ4v) is 3.90. The van der Waals surface area contributed by atoms with Gasteiger partial charge >= 0.3 is 0 Å². The second-order valence-corrected chi connectivity index (χ2v) is 7.54. The number of likely N-dealkylation sites (tertiary alicyclic amines) is 1. The summed E-state index contributed by atoms with van der Waals surface area (Å²) in [6.07, 6.45) is 3.85. The van der Waals surface area contributed by atoms with E-state index in [1.54, 1.807) is 13.1 Å². The molecule has 0 saturated carbocycles. The van der Waals surface area contributed by atoms with E-state index in [1.165, 1.54) is 29.4 Å². The van der Waals surface area contributed by atoms with Gasteiger partial charge in [0.15, 0.2) is 0 Å². The van der Waals surface area contributed by atoms with Crippen molar-refractivity contribution in [3.63, 3.8) is 0 Å². The second-order valence-electron chi connectivity index (χ2n) is 5.09. The van der Waals surface area contributed by atoms with E-state index in [-0.39, 0.29) is 15.6 Å².